The van der Waals surface area contributed by atoms with Crippen LogP contribution in [0.1, 0.15) is 37.5 Å². The van der Waals surface area contributed by atoms with E-state index in [1.807, 2.05) is 55.5 Å². The highest BCUT2D eigenvalue weighted by molar-refractivity contribution is 5.98. The fourth-order valence-corrected chi connectivity index (χ4v) is 3.06. The molecule has 5 nitrogen and oxygen atoms in total. The molecule has 0 bridgehead atoms. The van der Waals surface area contributed by atoms with Gasteiger partial charge in [-0.25, -0.2) is 4.99 Å². The topological polar surface area (TPSA) is 78.9 Å². The Hall–Kier alpha value is -2.66. The van der Waals surface area contributed by atoms with Crippen molar-refractivity contribution < 1.29 is 9.90 Å². The molecule has 2 unspecified atom stereocenters. The number of carbonyl (C=O) groups is 1. The average molecular weight is 337 g/mol. The van der Waals surface area contributed by atoms with E-state index in [4.69, 9.17) is 5.73 Å². The highest BCUT2D eigenvalue weighted by atomic mass is 16.3. The average Bonchev–Trinajstić information content (AvgIpc) is 2.60. The van der Waals surface area contributed by atoms with Gasteiger partial charge in [0.2, 0.25) is 5.91 Å². The Bertz CT molecular complexity index is 827. The van der Waals surface area contributed by atoms with Crippen LogP contribution in [0.15, 0.2) is 53.5 Å². The van der Waals surface area contributed by atoms with Crippen molar-refractivity contribution in [3.8, 4) is 11.1 Å². The summed E-state index contributed by atoms with van der Waals surface area (Å²) in [6, 6.07) is 15.8. The van der Waals surface area contributed by atoms with Gasteiger partial charge in [-0.1, -0.05) is 42.5 Å². The van der Waals surface area contributed by atoms with Crippen LogP contribution in [-0.4, -0.2) is 28.9 Å². The lowest BCUT2D eigenvalue weighted by atomic mass is 9.86. The molecule has 25 heavy (non-hydrogen) atoms. The molecule has 5 heteroatoms. The molecular weight excluding hydrogens is 314 g/mol. The Morgan fingerprint density at radius 3 is 2.48 bits per heavy atom. The lowest BCUT2D eigenvalue weighted by molar-refractivity contribution is -0.128. The Morgan fingerprint density at radius 1 is 1.20 bits per heavy atom. The number of rotatable bonds is 3. The maximum Gasteiger partial charge on any atom is 0.231 e. The van der Waals surface area contributed by atoms with Gasteiger partial charge in [0.1, 0.15) is 0 Å². The van der Waals surface area contributed by atoms with Crippen molar-refractivity contribution in [1.82, 2.24) is 4.90 Å². The number of hydrogen-bond donors (Lipinski definition) is 2. The van der Waals surface area contributed by atoms with Crippen molar-refractivity contribution in [2.75, 3.05) is 7.05 Å². The first-order valence-electron chi connectivity index (χ1n) is 8.31. The number of carbonyl (C=O) groups excluding carboxylic acids is 1. The van der Waals surface area contributed by atoms with Gasteiger partial charge < -0.3 is 10.8 Å². The van der Waals surface area contributed by atoms with Crippen molar-refractivity contribution in [1.29, 1.82) is 0 Å². The first kappa shape index (κ1) is 17.2. The van der Waals surface area contributed by atoms with Crippen LogP contribution in [0.3, 0.4) is 0 Å². The third kappa shape index (κ3) is 3.28. The summed E-state index contributed by atoms with van der Waals surface area (Å²) in [5, 5.41) is 9.64. The fraction of sp³-hybridized carbons (Fsp3) is 0.300. The van der Waals surface area contributed by atoms with E-state index in [-0.39, 0.29) is 18.3 Å². The van der Waals surface area contributed by atoms with Gasteiger partial charge in [-0.15, -0.1) is 0 Å². The van der Waals surface area contributed by atoms with Gasteiger partial charge in [0.15, 0.2) is 5.96 Å². The first-order chi connectivity index (χ1) is 11.8. The van der Waals surface area contributed by atoms with Crippen LogP contribution >= 0.6 is 0 Å². The standard InChI is InChI=1S/C20H23N3O2/c1-13(24)14-7-9-15(10-8-14)16-5-4-6-17(11-16)20(2)12-18(25)23(3)19(21)22-20/h4-11,13,24H,12H2,1-3H3,(H2,21,22). The predicted octanol–water partition coefficient (Wildman–Crippen LogP) is 2.80. The minimum atomic E-state index is -0.663. The smallest absolute Gasteiger partial charge is 0.231 e. The van der Waals surface area contributed by atoms with Crippen molar-refractivity contribution in [3.05, 3.63) is 59.7 Å². The highest BCUT2D eigenvalue weighted by Gasteiger charge is 2.36. The Labute approximate surface area is 147 Å². The van der Waals surface area contributed by atoms with Gasteiger partial charge in [-0.05, 0) is 42.2 Å². The predicted molar refractivity (Wildman–Crippen MR) is 98.9 cm³/mol. The number of aliphatic imine (C=N–C) groups is 1. The van der Waals surface area contributed by atoms with Crippen LogP contribution in [-0.2, 0) is 10.3 Å². The molecule has 130 valence electrons. The van der Waals surface area contributed by atoms with Gasteiger partial charge in [0.25, 0.3) is 0 Å². The number of amides is 1. The van der Waals surface area contributed by atoms with Crippen molar-refractivity contribution in [2.45, 2.75) is 31.9 Å². The summed E-state index contributed by atoms with van der Waals surface area (Å²) in [4.78, 5) is 18.1. The van der Waals surface area contributed by atoms with E-state index in [0.717, 1.165) is 22.3 Å². The van der Waals surface area contributed by atoms with Crippen LogP contribution < -0.4 is 5.73 Å². The number of benzene rings is 2. The molecule has 1 aliphatic heterocycles. The zero-order valence-electron chi connectivity index (χ0n) is 14.7. The summed E-state index contributed by atoms with van der Waals surface area (Å²) in [5.74, 6) is 0.201. The Kier molecular flexibility index (Phi) is 4.35. The number of nitrogens with zero attached hydrogens (tertiary/aromatic N) is 2. The molecule has 3 N–H and O–H groups in total. The number of nitrogens with two attached hydrogens (primary N) is 1. The van der Waals surface area contributed by atoms with E-state index in [9.17, 15) is 9.90 Å². The fourth-order valence-electron chi connectivity index (χ4n) is 3.06. The molecular formula is C20H23N3O2. The molecule has 1 heterocycles. The minimum absolute atomic E-state index is 0.0401. The maximum atomic E-state index is 12.2. The third-order valence-electron chi connectivity index (χ3n) is 4.79. The first-order valence-corrected chi connectivity index (χ1v) is 8.31. The van der Waals surface area contributed by atoms with Crippen molar-refractivity contribution in [2.24, 2.45) is 10.7 Å². The van der Waals surface area contributed by atoms with Crippen molar-refractivity contribution in [3.63, 3.8) is 0 Å². The van der Waals surface area contributed by atoms with Gasteiger partial charge in [-0.2, -0.15) is 0 Å². The van der Waals surface area contributed by atoms with Crippen molar-refractivity contribution >= 4 is 11.9 Å². The summed E-state index contributed by atoms with van der Waals surface area (Å²) in [6.07, 6.45) is -0.198. The maximum absolute atomic E-state index is 12.2. The molecule has 0 fully saturated rings. The molecule has 0 aliphatic carbocycles. The molecule has 2 aromatic carbocycles. The van der Waals surface area contributed by atoms with E-state index in [0.29, 0.717) is 0 Å². The van der Waals surface area contributed by atoms with E-state index >= 15 is 0 Å². The summed E-state index contributed by atoms with van der Waals surface area (Å²) < 4.78 is 0. The van der Waals surface area contributed by atoms with Gasteiger partial charge in [0, 0.05) is 7.05 Å². The SMILES string of the molecule is CC(O)c1ccc(-c2cccc(C3(C)CC(=O)N(C)C(N)=N3)c2)cc1. The van der Waals surface area contributed by atoms with E-state index in [1.54, 1.807) is 14.0 Å². The molecule has 0 spiro atoms. The summed E-state index contributed by atoms with van der Waals surface area (Å²) >= 11 is 0. The second-order valence-corrected chi connectivity index (χ2v) is 6.75. The quantitative estimate of drug-likeness (QED) is 0.904. The molecule has 1 amide bonds. The summed E-state index contributed by atoms with van der Waals surface area (Å²) in [5.41, 5.74) is 9.16. The molecule has 1 aliphatic rings. The van der Waals surface area contributed by atoms with Crippen LogP contribution in [0.25, 0.3) is 11.1 Å². The molecule has 0 aromatic heterocycles. The zero-order chi connectivity index (χ0) is 18.2. The van der Waals surface area contributed by atoms with E-state index in [2.05, 4.69) is 4.99 Å². The molecule has 0 saturated heterocycles. The van der Waals surface area contributed by atoms with Crippen LogP contribution in [0.5, 0.6) is 0 Å². The lowest BCUT2D eigenvalue weighted by Gasteiger charge is -2.33. The van der Waals surface area contributed by atoms with Gasteiger partial charge in [0.05, 0.1) is 18.1 Å². The summed E-state index contributed by atoms with van der Waals surface area (Å²) in [6.45, 7) is 3.68. The van der Waals surface area contributed by atoms with Gasteiger partial charge in [-0.3, -0.25) is 9.69 Å². The van der Waals surface area contributed by atoms with Crippen LogP contribution in [0, 0.1) is 0 Å². The van der Waals surface area contributed by atoms with Gasteiger partial charge >= 0.3 is 0 Å². The van der Waals surface area contributed by atoms with Crippen LogP contribution in [0.4, 0.5) is 0 Å². The number of aliphatic hydroxyl groups is 1. The number of guanidine groups is 1. The second-order valence-electron chi connectivity index (χ2n) is 6.75. The lowest BCUT2D eigenvalue weighted by Crippen LogP contribution is -2.47. The normalized spacial score (nSPS) is 21.8. The highest BCUT2D eigenvalue weighted by Crippen LogP contribution is 2.35. The minimum Gasteiger partial charge on any atom is -0.389 e. The number of aliphatic hydroxyl groups excluding tert-OH is 1. The molecule has 2 atom stereocenters. The van der Waals surface area contributed by atoms with E-state index in [1.165, 1.54) is 4.90 Å². The monoisotopic (exact) mass is 337 g/mol. The Balaban J connectivity index is 1.98. The zero-order valence-corrected chi connectivity index (χ0v) is 14.7. The molecule has 0 saturated carbocycles. The largest absolute Gasteiger partial charge is 0.389 e. The number of hydrogen-bond acceptors (Lipinski definition) is 4. The second kappa shape index (κ2) is 6.33. The molecule has 3 rings (SSSR count). The van der Waals surface area contributed by atoms with E-state index < -0.39 is 11.6 Å². The summed E-state index contributed by atoms with van der Waals surface area (Å²) in [7, 11) is 1.64. The molecule has 0 radical (unpaired) electrons. The Morgan fingerprint density at radius 2 is 1.88 bits per heavy atom. The third-order valence-corrected chi connectivity index (χ3v) is 4.79. The van der Waals surface area contributed by atoms with Crippen LogP contribution in [0.2, 0.25) is 0 Å². The molecule has 2 aromatic rings.